The van der Waals surface area contributed by atoms with Crippen LogP contribution < -0.4 is 10.2 Å². The van der Waals surface area contributed by atoms with Crippen molar-refractivity contribution in [1.82, 2.24) is 5.43 Å². The Kier molecular flexibility index (Phi) is 7.30. The minimum atomic E-state index is -0.0538. The molecule has 1 amide bonds. The summed E-state index contributed by atoms with van der Waals surface area (Å²) in [5.74, 6) is 0.742. The quantitative estimate of drug-likeness (QED) is 0.604. The van der Waals surface area contributed by atoms with Crippen molar-refractivity contribution in [3.63, 3.8) is 0 Å². The summed E-state index contributed by atoms with van der Waals surface area (Å²) in [6.07, 6.45) is 4.14. The third-order valence-corrected chi connectivity index (χ3v) is 3.10. The molecule has 0 aliphatic carbocycles. The predicted octanol–water partition coefficient (Wildman–Crippen LogP) is 3.88. The van der Waals surface area contributed by atoms with Crippen LogP contribution in [-0.2, 0) is 4.79 Å². The molecule has 0 bridgehead atoms. The van der Waals surface area contributed by atoms with E-state index in [9.17, 15) is 4.79 Å². The van der Waals surface area contributed by atoms with Gasteiger partial charge in [-0.2, -0.15) is 5.10 Å². The molecule has 0 spiro atoms. The highest BCUT2D eigenvalue weighted by molar-refractivity contribution is 9.10. The van der Waals surface area contributed by atoms with E-state index in [-0.39, 0.29) is 12.0 Å². The number of hydrazone groups is 1. The number of amides is 1. The second kappa shape index (κ2) is 8.74. The monoisotopic (exact) mass is 340 g/mol. The van der Waals surface area contributed by atoms with Gasteiger partial charge in [-0.3, -0.25) is 4.79 Å². The Balaban J connectivity index is 2.56. The molecule has 1 rings (SSSR count). The minimum Gasteiger partial charge on any atom is -0.490 e. The van der Waals surface area contributed by atoms with Crippen LogP contribution in [-0.4, -0.2) is 18.2 Å². The molecule has 5 heteroatoms. The fraction of sp³-hybridized carbons (Fsp3) is 0.467. The Hall–Kier alpha value is -1.36. The first kappa shape index (κ1) is 16.7. The highest BCUT2D eigenvalue weighted by Gasteiger charge is 2.04. The van der Waals surface area contributed by atoms with Gasteiger partial charge in [0.25, 0.3) is 0 Å². The lowest BCUT2D eigenvalue weighted by Gasteiger charge is -2.11. The summed E-state index contributed by atoms with van der Waals surface area (Å²) in [6, 6.07) is 5.67. The molecule has 0 saturated heterocycles. The van der Waals surface area contributed by atoms with E-state index in [1.807, 2.05) is 32.0 Å². The van der Waals surface area contributed by atoms with Crippen molar-refractivity contribution in [2.45, 2.75) is 46.1 Å². The minimum absolute atomic E-state index is 0.0538. The number of hydrogen-bond acceptors (Lipinski definition) is 3. The highest BCUT2D eigenvalue weighted by atomic mass is 79.9. The summed E-state index contributed by atoms with van der Waals surface area (Å²) < 4.78 is 6.49. The fourth-order valence-electron chi connectivity index (χ4n) is 1.52. The van der Waals surface area contributed by atoms with Crippen molar-refractivity contribution >= 4 is 28.1 Å². The lowest BCUT2D eigenvalue weighted by atomic mass is 10.2. The predicted molar refractivity (Wildman–Crippen MR) is 85.2 cm³/mol. The molecular formula is C15H21BrN2O2. The second-order valence-electron chi connectivity index (χ2n) is 4.75. The summed E-state index contributed by atoms with van der Waals surface area (Å²) in [5, 5.41) is 3.94. The molecule has 0 aromatic heterocycles. The summed E-state index contributed by atoms with van der Waals surface area (Å²) >= 11 is 3.46. The Bertz CT molecular complexity index is 473. The topological polar surface area (TPSA) is 50.7 Å². The van der Waals surface area contributed by atoms with E-state index < -0.39 is 0 Å². The number of carbonyl (C=O) groups excluding carboxylic acids is 1. The molecule has 0 saturated carbocycles. The van der Waals surface area contributed by atoms with Gasteiger partial charge < -0.3 is 4.74 Å². The smallest absolute Gasteiger partial charge is 0.240 e. The maximum atomic E-state index is 11.4. The molecule has 0 fully saturated rings. The van der Waals surface area contributed by atoms with Crippen LogP contribution in [0.15, 0.2) is 27.8 Å². The Morgan fingerprint density at radius 1 is 1.50 bits per heavy atom. The molecule has 1 aromatic carbocycles. The molecule has 4 nitrogen and oxygen atoms in total. The van der Waals surface area contributed by atoms with Gasteiger partial charge >= 0.3 is 0 Å². The van der Waals surface area contributed by atoms with Crippen molar-refractivity contribution in [3.8, 4) is 5.75 Å². The average molecular weight is 341 g/mol. The van der Waals surface area contributed by atoms with E-state index in [0.717, 1.165) is 28.6 Å². The molecular weight excluding hydrogens is 320 g/mol. The van der Waals surface area contributed by atoms with Crippen molar-refractivity contribution in [2.24, 2.45) is 5.10 Å². The fourth-order valence-corrected chi connectivity index (χ4v) is 2.01. The molecule has 0 aliphatic rings. The first-order chi connectivity index (χ1) is 9.52. The Morgan fingerprint density at radius 3 is 2.85 bits per heavy atom. The number of nitrogens with one attached hydrogen (secondary N) is 1. The van der Waals surface area contributed by atoms with Gasteiger partial charge in [0.1, 0.15) is 5.75 Å². The van der Waals surface area contributed by atoms with Crippen molar-refractivity contribution in [1.29, 1.82) is 0 Å². The Morgan fingerprint density at radius 2 is 2.25 bits per heavy atom. The number of hydrogen-bond donors (Lipinski definition) is 1. The number of unbranched alkanes of at least 4 members (excludes halogenated alkanes) is 1. The van der Waals surface area contributed by atoms with Crippen molar-refractivity contribution in [3.05, 3.63) is 28.2 Å². The van der Waals surface area contributed by atoms with Gasteiger partial charge in [-0.15, -0.1) is 0 Å². The molecule has 1 N–H and O–H groups in total. The van der Waals surface area contributed by atoms with Gasteiger partial charge in [-0.1, -0.05) is 13.3 Å². The van der Waals surface area contributed by atoms with E-state index in [1.165, 1.54) is 0 Å². The zero-order valence-electron chi connectivity index (χ0n) is 12.1. The first-order valence-corrected chi connectivity index (χ1v) is 7.60. The summed E-state index contributed by atoms with van der Waals surface area (Å²) in [5.41, 5.74) is 3.41. The number of carbonyl (C=O) groups is 1. The summed E-state index contributed by atoms with van der Waals surface area (Å²) in [7, 11) is 0. The molecule has 0 aliphatic heterocycles. The third kappa shape index (κ3) is 6.19. The van der Waals surface area contributed by atoms with Crippen LogP contribution in [0.3, 0.4) is 0 Å². The molecule has 20 heavy (non-hydrogen) atoms. The molecule has 1 aromatic rings. The summed E-state index contributed by atoms with van der Waals surface area (Å²) in [6.45, 7) is 6.01. The number of nitrogens with zero attached hydrogens (tertiary/aromatic N) is 1. The van der Waals surface area contributed by atoms with Gasteiger partial charge in [0.15, 0.2) is 0 Å². The molecule has 0 unspecified atom stereocenters. The first-order valence-electron chi connectivity index (χ1n) is 6.81. The lowest BCUT2D eigenvalue weighted by molar-refractivity contribution is -0.121. The second-order valence-corrected chi connectivity index (χ2v) is 5.61. The van der Waals surface area contributed by atoms with E-state index >= 15 is 0 Å². The number of rotatable bonds is 7. The molecule has 0 heterocycles. The summed E-state index contributed by atoms with van der Waals surface area (Å²) in [4.78, 5) is 11.4. The number of ether oxygens (including phenoxy) is 1. The maximum Gasteiger partial charge on any atom is 0.240 e. The van der Waals surface area contributed by atoms with Crippen LogP contribution in [0.4, 0.5) is 0 Å². The van der Waals surface area contributed by atoms with Gasteiger partial charge in [-0.25, -0.2) is 5.43 Å². The number of halogens is 1. The molecule has 0 radical (unpaired) electrons. The molecule has 110 valence electrons. The van der Waals surface area contributed by atoms with E-state index in [2.05, 4.69) is 33.4 Å². The third-order valence-electron chi connectivity index (χ3n) is 2.48. The largest absolute Gasteiger partial charge is 0.490 e. The average Bonchev–Trinajstić information content (AvgIpc) is 2.39. The number of benzene rings is 1. The van der Waals surface area contributed by atoms with Crippen LogP contribution in [0.1, 0.15) is 45.6 Å². The van der Waals surface area contributed by atoms with Crippen molar-refractivity contribution in [2.75, 3.05) is 0 Å². The lowest BCUT2D eigenvalue weighted by Crippen LogP contribution is -2.16. The van der Waals surface area contributed by atoms with Crippen LogP contribution in [0.2, 0.25) is 0 Å². The van der Waals surface area contributed by atoms with Crippen LogP contribution >= 0.6 is 15.9 Å². The van der Waals surface area contributed by atoms with Gasteiger partial charge in [0.2, 0.25) is 5.91 Å². The van der Waals surface area contributed by atoms with E-state index in [0.29, 0.717) is 6.42 Å². The van der Waals surface area contributed by atoms with E-state index in [1.54, 1.807) is 6.21 Å². The Labute approximate surface area is 128 Å². The zero-order valence-corrected chi connectivity index (χ0v) is 13.7. The van der Waals surface area contributed by atoms with Gasteiger partial charge in [0, 0.05) is 6.42 Å². The van der Waals surface area contributed by atoms with Gasteiger partial charge in [0.05, 0.1) is 16.8 Å². The van der Waals surface area contributed by atoms with E-state index in [4.69, 9.17) is 4.74 Å². The zero-order chi connectivity index (χ0) is 15.0. The van der Waals surface area contributed by atoms with Crippen LogP contribution in [0.25, 0.3) is 0 Å². The van der Waals surface area contributed by atoms with Crippen LogP contribution in [0.5, 0.6) is 5.75 Å². The normalized spacial score (nSPS) is 11.1. The van der Waals surface area contributed by atoms with Crippen LogP contribution in [0, 0.1) is 0 Å². The maximum absolute atomic E-state index is 11.4. The standard InChI is InChI=1S/C15H21BrN2O2/c1-4-5-6-15(19)18-17-10-12-7-8-14(13(16)9-12)20-11(2)3/h7-11H,4-6H2,1-3H3,(H,18,19)/b17-10+. The SMILES string of the molecule is CCCCC(=O)N/N=C/c1ccc(OC(C)C)c(Br)c1. The van der Waals surface area contributed by atoms with Gasteiger partial charge in [-0.05, 0) is 60.0 Å². The molecule has 0 atom stereocenters. The highest BCUT2D eigenvalue weighted by Crippen LogP contribution is 2.26. The van der Waals surface area contributed by atoms with Crippen molar-refractivity contribution < 1.29 is 9.53 Å².